The van der Waals surface area contributed by atoms with E-state index in [1.807, 2.05) is 0 Å². The molecule has 0 aliphatic carbocycles. The molecule has 4 rings (SSSR count). The fourth-order valence-electron chi connectivity index (χ4n) is 3.16. The van der Waals surface area contributed by atoms with E-state index in [1.54, 1.807) is 12.1 Å². The lowest BCUT2D eigenvalue weighted by Gasteiger charge is -2.34. The number of hydrogen-bond acceptors (Lipinski definition) is 7. The molecule has 11 nitrogen and oxygen atoms in total. The van der Waals surface area contributed by atoms with E-state index >= 15 is 0 Å². The van der Waals surface area contributed by atoms with E-state index in [0.717, 1.165) is 0 Å². The highest BCUT2D eigenvalue weighted by molar-refractivity contribution is 6.30. The van der Waals surface area contributed by atoms with Crippen molar-refractivity contribution in [3.63, 3.8) is 0 Å². The molecule has 0 radical (unpaired) electrons. The minimum Gasteiger partial charge on any atom is -0.419 e. The zero-order valence-corrected chi connectivity index (χ0v) is 15.8. The summed E-state index contributed by atoms with van der Waals surface area (Å²) in [6, 6.07) is 2.57. The first kappa shape index (κ1) is 18.9. The molecule has 150 valence electrons. The number of ether oxygens (including phenoxy) is 1. The molecule has 12 heteroatoms. The summed E-state index contributed by atoms with van der Waals surface area (Å²) in [5.74, 6) is -0.241. The van der Waals surface area contributed by atoms with Crippen molar-refractivity contribution in [1.82, 2.24) is 24.8 Å². The second kappa shape index (κ2) is 7.51. The number of nitrogens with two attached hydrogens (primary N) is 1. The van der Waals surface area contributed by atoms with Gasteiger partial charge in [-0.05, 0) is 12.1 Å². The maximum Gasteiger partial charge on any atom is 0.412 e. The monoisotopic (exact) mass is 417 g/mol. The second-order valence-corrected chi connectivity index (χ2v) is 6.78. The van der Waals surface area contributed by atoms with E-state index in [2.05, 4.69) is 15.0 Å². The van der Waals surface area contributed by atoms with Gasteiger partial charge in [0, 0.05) is 44.8 Å². The third-order valence-corrected chi connectivity index (χ3v) is 4.86. The number of primary amides is 1. The summed E-state index contributed by atoms with van der Waals surface area (Å²) in [4.78, 5) is 53.3. The molecule has 29 heavy (non-hydrogen) atoms. The van der Waals surface area contributed by atoms with Gasteiger partial charge in [0.2, 0.25) is 6.23 Å². The summed E-state index contributed by atoms with van der Waals surface area (Å²) in [5.41, 5.74) is 5.56. The first-order valence-electron chi connectivity index (χ1n) is 8.71. The first-order valence-corrected chi connectivity index (χ1v) is 9.09. The van der Waals surface area contributed by atoms with E-state index in [4.69, 9.17) is 22.1 Å². The molecule has 0 spiro atoms. The fraction of sp³-hybridized carbons (Fsp3) is 0.294. The average Bonchev–Trinajstić information content (AvgIpc) is 3.01. The zero-order chi connectivity index (χ0) is 20.5. The number of nitrogens with zero attached hydrogens (tertiary/aromatic N) is 6. The van der Waals surface area contributed by atoms with Crippen LogP contribution in [0.5, 0.6) is 0 Å². The van der Waals surface area contributed by atoms with Gasteiger partial charge in [0.05, 0.1) is 5.02 Å². The number of amides is 4. The molecule has 4 heterocycles. The molecule has 0 aromatic carbocycles. The Morgan fingerprint density at radius 3 is 2.41 bits per heavy atom. The molecule has 0 bridgehead atoms. The Morgan fingerprint density at radius 1 is 1.07 bits per heavy atom. The molecule has 2 aromatic heterocycles. The van der Waals surface area contributed by atoms with Gasteiger partial charge in [-0.1, -0.05) is 11.6 Å². The predicted molar refractivity (Wildman–Crippen MR) is 100 cm³/mol. The molecular formula is C17H16ClN7O4. The Hall–Kier alpha value is -3.47. The van der Waals surface area contributed by atoms with Gasteiger partial charge in [-0.25, -0.2) is 24.5 Å². The van der Waals surface area contributed by atoms with Crippen molar-refractivity contribution in [2.75, 3.05) is 31.1 Å². The number of carbonyl (C=O) groups excluding carboxylic acids is 3. The highest BCUT2D eigenvalue weighted by Gasteiger charge is 2.44. The Bertz CT molecular complexity index is 963. The molecule has 2 aromatic rings. The van der Waals surface area contributed by atoms with Crippen molar-refractivity contribution in [3.05, 3.63) is 47.1 Å². The largest absolute Gasteiger partial charge is 0.419 e. The Morgan fingerprint density at radius 2 is 1.76 bits per heavy atom. The Kier molecular flexibility index (Phi) is 4.89. The van der Waals surface area contributed by atoms with Crippen LogP contribution in [0.15, 0.2) is 30.7 Å². The summed E-state index contributed by atoms with van der Waals surface area (Å²) in [7, 11) is 0. The molecule has 2 aliphatic rings. The summed E-state index contributed by atoms with van der Waals surface area (Å²) in [6.45, 7) is 1.11. The lowest BCUT2D eigenvalue weighted by molar-refractivity contribution is 0.0485. The predicted octanol–water partition coefficient (Wildman–Crippen LogP) is 1.02. The first-order chi connectivity index (χ1) is 14.0. The number of rotatable bonds is 2. The quantitative estimate of drug-likeness (QED) is 0.770. The molecule has 0 saturated carbocycles. The molecular weight excluding hydrogens is 402 g/mol. The number of halogens is 1. The number of hydrogen-bond donors (Lipinski definition) is 1. The third kappa shape index (κ3) is 3.51. The molecule has 1 unspecified atom stereocenters. The van der Waals surface area contributed by atoms with Gasteiger partial charge >= 0.3 is 12.1 Å². The molecule has 1 atom stereocenters. The Balaban J connectivity index is 1.58. The van der Waals surface area contributed by atoms with E-state index in [9.17, 15) is 14.4 Å². The number of carbonyl (C=O) groups is 3. The lowest BCUT2D eigenvalue weighted by Crippen LogP contribution is -2.52. The van der Waals surface area contributed by atoms with Crippen LogP contribution in [0.1, 0.15) is 22.4 Å². The normalized spacial score (nSPS) is 18.6. The summed E-state index contributed by atoms with van der Waals surface area (Å²) in [5, 5.41) is 0.398. The van der Waals surface area contributed by atoms with Gasteiger partial charge in [-0.3, -0.25) is 9.78 Å². The maximum absolute atomic E-state index is 12.9. The summed E-state index contributed by atoms with van der Waals surface area (Å²) in [6.07, 6.45) is 2.41. The van der Waals surface area contributed by atoms with Gasteiger partial charge in [0.15, 0.2) is 5.69 Å². The van der Waals surface area contributed by atoms with Gasteiger partial charge in [0.1, 0.15) is 11.5 Å². The van der Waals surface area contributed by atoms with Gasteiger partial charge < -0.3 is 20.3 Å². The van der Waals surface area contributed by atoms with Crippen LogP contribution in [-0.4, -0.2) is 69.0 Å². The fourth-order valence-corrected chi connectivity index (χ4v) is 3.27. The van der Waals surface area contributed by atoms with Gasteiger partial charge in [-0.2, -0.15) is 0 Å². The molecule has 2 N–H and O–H groups in total. The highest BCUT2D eigenvalue weighted by atomic mass is 35.5. The van der Waals surface area contributed by atoms with Crippen LogP contribution < -0.4 is 10.6 Å². The average molecular weight is 418 g/mol. The standard InChI is InChI=1S/C17H16ClN7O4/c18-10-1-2-11(22-9-10)25-14(26)12-13(21-4-3-20-12)15(25)29-17(28)24-7-5-23(6-8-24)16(19)27/h1-4,9,15H,5-8H2,(H2,19,27). The summed E-state index contributed by atoms with van der Waals surface area (Å²) < 4.78 is 5.62. The Labute approximate surface area is 170 Å². The van der Waals surface area contributed by atoms with E-state index in [-0.39, 0.29) is 30.3 Å². The van der Waals surface area contributed by atoms with Crippen LogP contribution >= 0.6 is 11.6 Å². The number of urea groups is 1. The van der Waals surface area contributed by atoms with Crippen LogP contribution in [0.4, 0.5) is 15.4 Å². The van der Waals surface area contributed by atoms with Crippen LogP contribution in [0.3, 0.4) is 0 Å². The van der Waals surface area contributed by atoms with Crippen molar-refractivity contribution >= 4 is 35.5 Å². The van der Waals surface area contributed by atoms with Crippen molar-refractivity contribution in [3.8, 4) is 0 Å². The van der Waals surface area contributed by atoms with E-state index < -0.39 is 24.3 Å². The zero-order valence-electron chi connectivity index (χ0n) is 15.1. The van der Waals surface area contributed by atoms with Crippen LogP contribution in [0.25, 0.3) is 0 Å². The van der Waals surface area contributed by atoms with Crippen molar-refractivity contribution < 1.29 is 19.1 Å². The molecule has 1 fully saturated rings. The smallest absolute Gasteiger partial charge is 0.412 e. The molecule has 2 aliphatic heterocycles. The number of fused-ring (bicyclic) bond motifs is 1. The maximum atomic E-state index is 12.9. The van der Waals surface area contributed by atoms with Crippen molar-refractivity contribution in [2.24, 2.45) is 5.73 Å². The number of pyridine rings is 1. The lowest BCUT2D eigenvalue weighted by atomic mass is 10.3. The van der Waals surface area contributed by atoms with Crippen LogP contribution in [-0.2, 0) is 4.74 Å². The molecule has 1 saturated heterocycles. The SMILES string of the molecule is NC(=O)N1CCN(C(=O)OC2c3nccnc3C(=O)N2c2ccc(Cl)cn2)CC1. The highest BCUT2D eigenvalue weighted by Crippen LogP contribution is 2.35. The van der Waals surface area contributed by atoms with Gasteiger partial charge in [0.25, 0.3) is 5.91 Å². The minimum absolute atomic E-state index is 0.0839. The number of anilines is 1. The second-order valence-electron chi connectivity index (χ2n) is 6.35. The number of piperazine rings is 1. The summed E-state index contributed by atoms with van der Waals surface area (Å²) >= 11 is 5.88. The van der Waals surface area contributed by atoms with Crippen LogP contribution in [0, 0.1) is 0 Å². The third-order valence-electron chi connectivity index (χ3n) is 4.64. The van der Waals surface area contributed by atoms with Crippen molar-refractivity contribution in [2.45, 2.75) is 6.23 Å². The molecule has 4 amide bonds. The van der Waals surface area contributed by atoms with E-state index in [1.165, 1.54) is 33.3 Å². The number of aromatic nitrogens is 3. The van der Waals surface area contributed by atoms with Gasteiger partial charge in [-0.15, -0.1) is 0 Å². The van der Waals surface area contributed by atoms with Crippen molar-refractivity contribution in [1.29, 1.82) is 0 Å². The minimum atomic E-state index is -1.12. The topological polar surface area (TPSA) is 135 Å². The van der Waals surface area contributed by atoms with E-state index in [0.29, 0.717) is 18.1 Å². The van der Waals surface area contributed by atoms with Crippen LogP contribution in [0.2, 0.25) is 5.02 Å².